The van der Waals surface area contributed by atoms with Gasteiger partial charge in [0.25, 0.3) is 0 Å². The van der Waals surface area contributed by atoms with Crippen molar-refractivity contribution in [1.29, 1.82) is 0 Å². The highest BCUT2D eigenvalue weighted by Crippen LogP contribution is 2.24. The van der Waals surface area contributed by atoms with E-state index in [0.717, 1.165) is 16.0 Å². The Morgan fingerprint density at radius 2 is 1.40 bits per heavy atom. The fraction of sp³-hybridized carbons (Fsp3) is 0.348. The van der Waals surface area contributed by atoms with Crippen LogP contribution >= 0.6 is 0 Å². The second kappa shape index (κ2) is 11.0. The van der Waals surface area contributed by atoms with Gasteiger partial charge in [0.15, 0.2) is 0 Å². The Kier molecular flexibility index (Phi) is 8.41. The summed E-state index contributed by atoms with van der Waals surface area (Å²) in [5, 5.41) is 21.7. The van der Waals surface area contributed by atoms with Crippen molar-refractivity contribution in [3.8, 4) is 0 Å². The van der Waals surface area contributed by atoms with E-state index < -0.39 is 24.0 Å². The van der Waals surface area contributed by atoms with Gasteiger partial charge in [0, 0.05) is 13.1 Å². The molecule has 160 valence electrons. The number of benzene rings is 2. The number of aliphatic carboxylic acids is 1. The number of rotatable bonds is 10. The van der Waals surface area contributed by atoms with Gasteiger partial charge >= 0.3 is 12.1 Å². The highest BCUT2D eigenvalue weighted by molar-refractivity contribution is 5.87. The third kappa shape index (κ3) is 6.34. The quantitative estimate of drug-likeness (QED) is 0.554. The number of carbonyl (C=O) groups excluding carboxylic acids is 1. The van der Waals surface area contributed by atoms with Crippen LogP contribution in [0, 0.1) is 5.92 Å². The zero-order chi connectivity index (χ0) is 22.1. The molecule has 0 heterocycles. The standard InChI is InChI=1S/C23H28N2O5/c1-16(2)15-19(22(27)28)25(23(29)30)14-13-24-21(26)20(17-9-5-3-6-10-17)18-11-7-4-8-12-18/h3-12,16,19-20H,13-15H2,1-2H3,(H,24,26)(H,27,28)(H,29,30)/t19-/m0/s1. The normalized spacial score (nSPS) is 11.9. The van der Waals surface area contributed by atoms with E-state index in [4.69, 9.17) is 0 Å². The first-order valence-electron chi connectivity index (χ1n) is 9.91. The SMILES string of the molecule is CC(C)C[C@@H](C(=O)O)N(CCNC(=O)C(c1ccccc1)c1ccccc1)C(=O)O. The lowest BCUT2D eigenvalue weighted by molar-refractivity contribution is -0.143. The first kappa shape index (κ1) is 22.9. The molecule has 3 N–H and O–H groups in total. The van der Waals surface area contributed by atoms with Crippen molar-refractivity contribution in [3.63, 3.8) is 0 Å². The average molecular weight is 412 g/mol. The molecule has 2 aromatic carbocycles. The van der Waals surface area contributed by atoms with Crippen molar-refractivity contribution in [3.05, 3.63) is 71.8 Å². The van der Waals surface area contributed by atoms with Crippen LogP contribution in [0.4, 0.5) is 4.79 Å². The summed E-state index contributed by atoms with van der Waals surface area (Å²) in [4.78, 5) is 37.1. The molecule has 0 aliphatic carbocycles. The number of hydrogen-bond donors (Lipinski definition) is 3. The predicted octanol–water partition coefficient (Wildman–Crippen LogP) is 3.41. The number of hydrogen-bond acceptors (Lipinski definition) is 3. The summed E-state index contributed by atoms with van der Waals surface area (Å²) in [5.41, 5.74) is 1.64. The molecule has 2 amide bonds. The average Bonchev–Trinajstić information content (AvgIpc) is 2.71. The molecule has 0 unspecified atom stereocenters. The number of carbonyl (C=O) groups is 3. The van der Waals surface area contributed by atoms with Crippen LogP contribution in [0.1, 0.15) is 37.3 Å². The number of carboxylic acids is 1. The van der Waals surface area contributed by atoms with Gasteiger partial charge in [-0.1, -0.05) is 74.5 Å². The third-order valence-electron chi connectivity index (χ3n) is 4.78. The van der Waals surface area contributed by atoms with Gasteiger partial charge in [0.2, 0.25) is 5.91 Å². The summed E-state index contributed by atoms with van der Waals surface area (Å²) < 4.78 is 0. The molecule has 2 aromatic rings. The highest BCUT2D eigenvalue weighted by Gasteiger charge is 2.30. The van der Waals surface area contributed by atoms with E-state index in [0.29, 0.717) is 0 Å². The smallest absolute Gasteiger partial charge is 0.408 e. The van der Waals surface area contributed by atoms with Gasteiger partial charge in [-0.3, -0.25) is 9.69 Å². The summed E-state index contributed by atoms with van der Waals surface area (Å²) in [6.07, 6.45) is -1.12. The minimum atomic E-state index is -1.32. The van der Waals surface area contributed by atoms with E-state index in [1.54, 1.807) is 0 Å². The highest BCUT2D eigenvalue weighted by atomic mass is 16.4. The minimum absolute atomic E-state index is 0.0167. The second-order valence-electron chi connectivity index (χ2n) is 7.50. The van der Waals surface area contributed by atoms with Crippen molar-refractivity contribution in [2.45, 2.75) is 32.2 Å². The van der Waals surface area contributed by atoms with Crippen LogP contribution in [0.2, 0.25) is 0 Å². The van der Waals surface area contributed by atoms with Gasteiger partial charge in [-0.05, 0) is 23.5 Å². The van der Waals surface area contributed by atoms with Crippen LogP contribution in [0.3, 0.4) is 0 Å². The Morgan fingerprint density at radius 1 is 0.900 bits per heavy atom. The van der Waals surface area contributed by atoms with Gasteiger partial charge in [0.1, 0.15) is 6.04 Å². The molecule has 0 spiro atoms. The van der Waals surface area contributed by atoms with Gasteiger partial charge in [-0.15, -0.1) is 0 Å². The minimum Gasteiger partial charge on any atom is -0.480 e. The topological polar surface area (TPSA) is 107 Å². The van der Waals surface area contributed by atoms with Crippen LogP contribution < -0.4 is 5.32 Å². The van der Waals surface area contributed by atoms with Crippen LogP contribution in [-0.2, 0) is 9.59 Å². The first-order valence-corrected chi connectivity index (χ1v) is 9.91. The largest absolute Gasteiger partial charge is 0.480 e. The maximum absolute atomic E-state index is 13.0. The molecular weight excluding hydrogens is 384 g/mol. The molecule has 7 heteroatoms. The Balaban J connectivity index is 2.12. The molecule has 0 bridgehead atoms. The van der Waals surface area contributed by atoms with Crippen LogP contribution in [0.5, 0.6) is 0 Å². The third-order valence-corrected chi connectivity index (χ3v) is 4.78. The first-order chi connectivity index (χ1) is 14.3. The molecule has 0 aliphatic rings. The van der Waals surface area contributed by atoms with Gasteiger partial charge in [-0.2, -0.15) is 0 Å². The van der Waals surface area contributed by atoms with Crippen LogP contribution in [0.15, 0.2) is 60.7 Å². The van der Waals surface area contributed by atoms with Crippen LogP contribution in [-0.4, -0.2) is 52.2 Å². The lowest BCUT2D eigenvalue weighted by atomic mass is 9.90. The van der Waals surface area contributed by atoms with E-state index in [1.807, 2.05) is 74.5 Å². The molecule has 0 saturated heterocycles. The number of carboxylic acid groups (broad SMARTS) is 2. The van der Waals surface area contributed by atoms with E-state index in [9.17, 15) is 24.6 Å². The van der Waals surface area contributed by atoms with Crippen molar-refractivity contribution in [1.82, 2.24) is 10.2 Å². The van der Waals surface area contributed by atoms with Crippen molar-refractivity contribution >= 4 is 18.0 Å². The number of nitrogens with one attached hydrogen (secondary N) is 1. The van der Waals surface area contributed by atoms with Crippen molar-refractivity contribution < 1.29 is 24.6 Å². The van der Waals surface area contributed by atoms with E-state index >= 15 is 0 Å². The lowest BCUT2D eigenvalue weighted by Crippen LogP contribution is -2.48. The number of nitrogens with zero attached hydrogens (tertiary/aromatic N) is 1. The molecule has 0 saturated carbocycles. The van der Waals surface area contributed by atoms with Gasteiger partial charge in [0.05, 0.1) is 5.92 Å². The summed E-state index contributed by atoms with van der Waals surface area (Å²) in [5.74, 6) is -1.99. The Bertz CT molecular complexity index is 800. The molecule has 0 aliphatic heterocycles. The van der Waals surface area contributed by atoms with Gasteiger partial charge < -0.3 is 15.5 Å². The Morgan fingerprint density at radius 3 is 1.80 bits per heavy atom. The molecule has 1 atom stereocenters. The Hall–Kier alpha value is -3.35. The molecule has 0 aromatic heterocycles. The number of amides is 2. The summed E-state index contributed by atoms with van der Waals surface area (Å²) in [7, 11) is 0. The maximum Gasteiger partial charge on any atom is 0.408 e. The summed E-state index contributed by atoms with van der Waals surface area (Å²) >= 11 is 0. The van der Waals surface area contributed by atoms with Crippen LogP contribution in [0.25, 0.3) is 0 Å². The fourth-order valence-electron chi connectivity index (χ4n) is 3.38. The van der Waals surface area contributed by atoms with E-state index in [-0.39, 0.29) is 31.3 Å². The zero-order valence-electron chi connectivity index (χ0n) is 17.2. The summed E-state index contributed by atoms with van der Waals surface area (Å²) in [6.45, 7) is 3.58. The molecule has 0 radical (unpaired) electrons. The second-order valence-corrected chi connectivity index (χ2v) is 7.50. The summed E-state index contributed by atoms with van der Waals surface area (Å²) in [6, 6.07) is 17.5. The molecule has 30 heavy (non-hydrogen) atoms. The van der Waals surface area contributed by atoms with Crippen molar-refractivity contribution in [2.75, 3.05) is 13.1 Å². The monoisotopic (exact) mass is 412 g/mol. The fourth-order valence-corrected chi connectivity index (χ4v) is 3.38. The molecular formula is C23H28N2O5. The lowest BCUT2D eigenvalue weighted by Gasteiger charge is -2.28. The predicted molar refractivity (Wildman–Crippen MR) is 113 cm³/mol. The Labute approximate surface area is 176 Å². The maximum atomic E-state index is 13.0. The van der Waals surface area contributed by atoms with E-state index in [1.165, 1.54) is 0 Å². The molecule has 0 fully saturated rings. The molecule has 2 rings (SSSR count). The van der Waals surface area contributed by atoms with Gasteiger partial charge in [-0.25, -0.2) is 9.59 Å². The van der Waals surface area contributed by atoms with Crippen molar-refractivity contribution in [2.24, 2.45) is 5.92 Å². The molecule has 7 nitrogen and oxygen atoms in total. The van der Waals surface area contributed by atoms with E-state index in [2.05, 4.69) is 5.32 Å². The zero-order valence-corrected chi connectivity index (χ0v) is 17.2.